The van der Waals surface area contributed by atoms with Gasteiger partial charge in [-0.25, -0.2) is 0 Å². The molecule has 0 saturated heterocycles. The first-order valence-corrected chi connectivity index (χ1v) is 7.95. The molecule has 1 N–H and O–H groups in total. The Kier molecular flexibility index (Phi) is 4.58. The summed E-state index contributed by atoms with van der Waals surface area (Å²) < 4.78 is 0. The van der Waals surface area contributed by atoms with E-state index in [0.29, 0.717) is 5.69 Å². The van der Waals surface area contributed by atoms with Crippen molar-refractivity contribution in [3.8, 4) is 0 Å². The maximum absolute atomic E-state index is 9.99. The fraction of sp³-hybridized carbons (Fsp3) is 0.200. The van der Waals surface area contributed by atoms with E-state index in [1.807, 2.05) is 48.9 Å². The van der Waals surface area contributed by atoms with Gasteiger partial charge in [-0.3, -0.25) is 9.98 Å². The van der Waals surface area contributed by atoms with Crippen LogP contribution in [0.15, 0.2) is 66.1 Å². The molecular formula is C20H21N3O. The van der Waals surface area contributed by atoms with Crippen molar-refractivity contribution >= 4 is 18.0 Å². The molecular weight excluding hydrogens is 298 g/mol. The highest BCUT2D eigenvalue weighted by Gasteiger charge is 2.17. The van der Waals surface area contributed by atoms with E-state index in [0.717, 1.165) is 23.4 Å². The lowest BCUT2D eigenvalue weighted by atomic mass is 10.0. The van der Waals surface area contributed by atoms with E-state index < -0.39 is 5.60 Å². The number of pyridine rings is 1. The van der Waals surface area contributed by atoms with Gasteiger partial charge in [0.2, 0.25) is 0 Å². The van der Waals surface area contributed by atoms with E-state index in [1.165, 1.54) is 0 Å². The minimum Gasteiger partial charge on any atom is -0.384 e. The molecule has 3 rings (SSSR count). The molecule has 24 heavy (non-hydrogen) atoms. The highest BCUT2D eigenvalue weighted by Crippen LogP contribution is 2.22. The van der Waals surface area contributed by atoms with Crippen molar-refractivity contribution in [2.75, 3.05) is 6.54 Å². The molecule has 122 valence electrons. The molecule has 1 aliphatic heterocycles. The number of aromatic nitrogens is 1. The molecule has 0 fully saturated rings. The van der Waals surface area contributed by atoms with E-state index in [2.05, 4.69) is 33.1 Å². The summed E-state index contributed by atoms with van der Waals surface area (Å²) in [5, 5.41) is 9.99. The lowest BCUT2D eigenvalue weighted by molar-refractivity contribution is 0.0738. The minimum atomic E-state index is -0.937. The van der Waals surface area contributed by atoms with Gasteiger partial charge in [-0.05, 0) is 37.6 Å². The van der Waals surface area contributed by atoms with Crippen LogP contribution in [0, 0.1) is 0 Å². The van der Waals surface area contributed by atoms with Crippen molar-refractivity contribution in [3.05, 3.63) is 77.9 Å². The highest BCUT2D eigenvalue weighted by molar-refractivity contribution is 5.77. The summed E-state index contributed by atoms with van der Waals surface area (Å²) in [6.45, 7) is 4.19. The second-order valence-corrected chi connectivity index (χ2v) is 6.24. The summed E-state index contributed by atoms with van der Waals surface area (Å²) in [4.78, 5) is 10.9. The molecule has 4 heteroatoms. The number of hydrogen-bond acceptors (Lipinski definition) is 4. The second-order valence-electron chi connectivity index (χ2n) is 6.24. The minimum absolute atomic E-state index is 0.646. The normalized spacial score (nSPS) is 15.0. The predicted molar refractivity (Wildman–Crippen MR) is 98.1 cm³/mol. The van der Waals surface area contributed by atoms with Crippen LogP contribution in [0.25, 0.3) is 11.8 Å². The first kappa shape index (κ1) is 16.1. The fourth-order valence-electron chi connectivity index (χ4n) is 2.38. The van der Waals surface area contributed by atoms with Crippen molar-refractivity contribution in [2.24, 2.45) is 4.99 Å². The largest absolute Gasteiger partial charge is 0.384 e. The quantitative estimate of drug-likeness (QED) is 0.935. The fourth-order valence-corrected chi connectivity index (χ4v) is 2.38. The second kappa shape index (κ2) is 6.81. The Hall–Kier alpha value is -2.72. The van der Waals surface area contributed by atoms with E-state index in [1.54, 1.807) is 20.0 Å². The summed E-state index contributed by atoms with van der Waals surface area (Å²) in [6.07, 6.45) is 9.75. The lowest BCUT2D eigenvalue weighted by Crippen LogP contribution is -2.18. The van der Waals surface area contributed by atoms with Crippen molar-refractivity contribution < 1.29 is 5.11 Å². The van der Waals surface area contributed by atoms with Gasteiger partial charge < -0.3 is 10.0 Å². The molecule has 1 aromatic heterocycles. The molecule has 0 spiro atoms. The first-order chi connectivity index (χ1) is 11.5. The Morgan fingerprint density at radius 1 is 1.12 bits per heavy atom. The van der Waals surface area contributed by atoms with Gasteiger partial charge in [-0.15, -0.1) is 0 Å². The van der Waals surface area contributed by atoms with Crippen LogP contribution in [0.2, 0.25) is 0 Å². The molecule has 0 bridgehead atoms. The number of aliphatic imine (C=N–C) groups is 1. The Morgan fingerprint density at radius 2 is 1.92 bits per heavy atom. The molecule has 2 heterocycles. The molecule has 0 aliphatic carbocycles. The van der Waals surface area contributed by atoms with Crippen molar-refractivity contribution in [3.63, 3.8) is 0 Å². The number of nitrogens with zero attached hydrogens (tertiary/aromatic N) is 3. The number of benzene rings is 1. The highest BCUT2D eigenvalue weighted by atomic mass is 16.3. The third-order valence-corrected chi connectivity index (χ3v) is 3.76. The Labute approximate surface area is 142 Å². The molecule has 2 aromatic rings. The molecule has 0 unspecified atom stereocenters. The van der Waals surface area contributed by atoms with E-state index in [4.69, 9.17) is 0 Å². The van der Waals surface area contributed by atoms with Crippen LogP contribution in [0.4, 0.5) is 0 Å². The van der Waals surface area contributed by atoms with Gasteiger partial charge in [0.1, 0.15) is 5.60 Å². The summed E-state index contributed by atoms with van der Waals surface area (Å²) in [7, 11) is 0. The SMILES string of the molecule is CC(C)(O)c1ccc(C2=CN(C=Cc3ccccc3)CC=N2)cn1. The molecule has 0 radical (unpaired) electrons. The Bertz CT molecular complexity index is 769. The Morgan fingerprint density at radius 3 is 2.58 bits per heavy atom. The zero-order valence-electron chi connectivity index (χ0n) is 13.9. The van der Waals surface area contributed by atoms with E-state index in [-0.39, 0.29) is 0 Å². The van der Waals surface area contributed by atoms with Gasteiger partial charge in [0.25, 0.3) is 0 Å². The molecule has 1 aliphatic rings. The third-order valence-electron chi connectivity index (χ3n) is 3.76. The number of hydrogen-bond donors (Lipinski definition) is 1. The smallest absolute Gasteiger partial charge is 0.101 e. The molecule has 1 aromatic carbocycles. The Balaban J connectivity index is 1.77. The standard InChI is InChI=1S/C20H21N3O/c1-20(2,24)19-9-8-17(14-22-19)18-15-23(13-11-21-18)12-10-16-6-4-3-5-7-16/h3-12,14-15,24H,13H2,1-2H3. The predicted octanol–water partition coefficient (Wildman–Crippen LogP) is 3.66. The van der Waals surface area contributed by atoms with Gasteiger partial charge in [-0.1, -0.05) is 30.3 Å². The number of rotatable bonds is 4. The zero-order valence-corrected chi connectivity index (χ0v) is 13.9. The number of aliphatic hydroxyl groups is 1. The van der Waals surface area contributed by atoms with Crippen LogP contribution < -0.4 is 0 Å². The van der Waals surface area contributed by atoms with Crippen LogP contribution in [0.1, 0.15) is 30.7 Å². The van der Waals surface area contributed by atoms with Gasteiger partial charge in [0, 0.05) is 30.4 Å². The van der Waals surface area contributed by atoms with Crippen molar-refractivity contribution in [2.45, 2.75) is 19.4 Å². The average Bonchev–Trinajstić information content (AvgIpc) is 2.60. The third kappa shape index (κ3) is 3.97. The van der Waals surface area contributed by atoms with Gasteiger partial charge in [-0.2, -0.15) is 0 Å². The summed E-state index contributed by atoms with van der Waals surface area (Å²) in [5.41, 5.74) is 2.65. The van der Waals surface area contributed by atoms with Crippen LogP contribution >= 0.6 is 0 Å². The summed E-state index contributed by atoms with van der Waals surface area (Å²) in [6, 6.07) is 14.0. The lowest BCUT2D eigenvalue weighted by Gasteiger charge is -2.19. The maximum Gasteiger partial charge on any atom is 0.101 e. The molecule has 0 amide bonds. The summed E-state index contributed by atoms with van der Waals surface area (Å²) >= 11 is 0. The van der Waals surface area contributed by atoms with Crippen molar-refractivity contribution in [1.82, 2.24) is 9.88 Å². The maximum atomic E-state index is 9.99. The van der Waals surface area contributed by atoms with Crippen LogP contribution in [-0.4, -0.2) is 27.7 Å². The average molecular weight is 319 g/mol. The van der Waals surface area contributed by atoms with Crippen LogP contribution in [-0.2, 0) is 5.60 Å². The van der Waals surface area contributed by atoms with E-state index in [9.17, 15) is 5.11 Å². The topological polar surface area (TPSA) is 48.7 Å². The van der Waals surface area contributed by atoms with Gasteiger partial charge in [0.15, 0.2) is 0 Å². The zero-order chi connectivity index (χ0) is 17.0. The molecule has 0 atom stereocenters. The van der Waals surface area contributed by atoms with Crippen molar-refractivity contribution in [1.29, 1.82) is 0 Å². The molecule has 0 saturated carbocycles. The summed E-state index contributed by atoms with van der Waals surface area (Å²) in [5.74, 6) is 0. The van der Waals surface area contributed by atoms with Gasteiger partial charge >= 0.3 is 0 Å². The first-order valence-electron chi connectivity index (χ1n) is 7.95. The van der Waals surface area contributed by atoms with E-state index >= 15 is 0 Å². The van der Waals surface area contributed by atoms with Crippen LogP contribution in [0.3, 0.4) is 0 Å². The monoisotopic (exact) mass is 319 g/mol. The molecule has 4 nitrogen and oxygen atoms in total. The van der Waals surface area contributed by atoms with Gasteiger partial charge in [0.05, 0.1) is 17.9 Å². The van der Waals surface area contributed by atoms with Crippen LogP contribution in [0.5, 0.6) is 0 Å².